The fourth-order valence-electron chi connectivity index (χ4n) is 3.01. The smallest absolute Gasteiger partial charge is 0.294 e. The number of rotatable bonds is 8. The Morgan fingerprint density at radius 1 is 1.47 bits per heavy atom. The first kappa shape index (κ1) is 21.4. The van der Waals surface area contributed by atoms with Crippen LogP contribution in [0, 0.1) is 5.41 Å². The van der Waals surface area contributed by atoms with Crippen molar-refractivity contribution in [1.29, 1.82) is 5.41 Å². The van der Waals surface area contributed by atoms with Gasteiger partial charge in [-0.05, 0) is 6.42 Å². The average Bonchev–Trinajstić information content (AvgIpc) is 3.28. The molecule has 2 aromatic heterocycles. The van der Waals surface area contributed by atoms with E-state index in [9.17, 15) is 24.6 Å². The van der Waals surface area contributed by atoms with Gasteiger partial charge in [0.25, 0.3) is 11.5 Å². The number of H-pyrrole nitrogens is 1. The Hall–Kier alpha value is -3.36. The number of fused-ring (bicyclic) bond motifs is 1. The largest absolute Gasteiger partial charge is 0.394 e. The molecule has 0 aromatic carbocycles. The normalized spacial score (nSPS) is 20.9. The summed E-state index contributed by atoms with van der Waals surface area (Å²) in [6, 6.07) is 0. The third-order valence-corrected chi connectivity index (χ3v) is 4.51. The number of amides is 1. The minimum Gasteiger partial charge on any atom is -0.394 e. The van der Waals surface area contributed by atoms with Gasteiger partial charge in [-0.3, -0.25) is 34.7 Å². The summed E-state index contributed by atoms with van der Waals surface area (Å²) in [6.07, 6.45) is -0.725. The summed E-state index contributed by atoms with van der Waals surface area (Å²) >= 11 is 0. The van der Waals surface area contributed by atoms with Crippen LogP contribution in [-0.4, -0.2) is 72.7 Å². The maximum Gasteiger partial charge on any atom is 0.294 e. The maximum absolute atomic E-state index is 12.3. The Kier molecular flexibility index (Phi) is 6.39. The van der Waals surface area contributed by atoms with Crippen molar-refractivity contribution in [2.75, 3.05) is 18.5 Å². The lowest BCUT2D eigenvalue weighted by molar-refractivity contribution is -0.134. The van der Waals surface area contributed by atoms with Crippen LogP contribution in [0.25, 0.3) is 11.2 Å². The first-order valence-electron chi connectivity index (χ1n) is 9.13. The lowest BCUT2D eigenvalue weighted by Crippen LogP contribution is -2.32. The second-order valence-electron chi connectivity index (χ2n) is 6.67. The highest BCUT2D eigenvalue weighted by atomic mass is 16.5. The van der Waals surface area contributed by atoms with E-state index >= 15 is 0 Å². The summed E-state index contributed by atoms with van der Waals surface area (Å²) in [5.74, 6) is -2.17. The van der Waals surface area contributed by atoms with Crippen LogP contribution in [0.5, 0.6) is 0 Å². The molecule has 0 radical (unpaired) electrons. The monoisotopic (exact) mass is 422 g/mol. The predicted molar refractivity (Wildman–Crippen MR) is 103 cm³/mol. The molecule has 8 N–H and O–H groups in total. The second-order valence-corrected chi connectivity index (χ2v) is 6.67. The number of aliphatic hydroxyl groups excluding tert-OH is 2. The Bertz CT molecular complexity index is 1020. The van der Waals surface area contributed by atoms with Crippen LogP contribution >= 0.6 is 0 Å². The Morgan fingerprint density at radius 2 is 2.23 bits per heavy atom. The van der Waals surface area contributed by atoms with Gasteiger partial charge in [0.15, 0.2) is 17.1 Å². The number of ketones is 1. The zero-order chi connectivity index (χ0) is 21.8. The molecule has 1 amide bonds. The Morgan fingerprint density at radius 3 is 2.90 bits per heavy atom. The molecular formula is C16H22N8O6. The lowest BCUT2D eigenvalue weighted by atomic mass is 10.2. The van der Waals surface area contributed by atoms with Crippen molar-refractivity contribution >= 4 is 34.8 Å². The van der Waals surface area contributed by atoms with Gasteiger partial charge >= 0.3 is 0 Å². The number of nitrogens with zero attached hydrogens (tertiary/aromatic N) is 3. The number of aliphatic hydroxyl groups is 2. The van der Waals surface area contributed by atoms with E-state index in [0.29, 0.717) is 0 Å². The third-order valence-electron chi connectivity index (χ3n) is 4.51. The van der Waals surface area contributed by atoms with Gasteiger partial charge in [0.2, 0.25) is 11.7 Å². The number of guanidine groups is 1. The van der Waals surface area contributed by atoms with E-state index in [1.807, 2.05) is 0 Å². The fourth-order valence-corrected chi connectivity index (χ4v) is 3.01. The van der Waals surface area contributed by atoms with Gasteiger partial charge in [-0.25, -0.2) is 4.98 Å². The minimum atomic E-state index is -0.959. The van der Waals surface area contributed by atoms with Crippen molar-refractivity contribution in [3.05, 3.63) is 16.7 Å². The molecule has 3 atom stereocenters. The molecule has 0 aliphatic carbocycles. The van der Waals surface area contributed by atoms with Crippen LogP contribution in [0.3, 0.4) is 0 Å². The fraction of sp³-hybridized carbons (Fsp3) is 0.500. The molecule has 1 saturated heterocycles. The first-order chi connectivity index (χ1) is 14.3. The van der Waals surface area contributed by atoms with Gasteiger partial charge in [0.05, 0.1) is 19.0 Å². The molecular weight excluding hydrogens is 400 g/mol. The summed E-state index contributed by atoms with van der Waals surface area (Å²) in [7, 11) is 0. The molecule has 162 valence electrons. The molecule has 14 nitrogen and oxygen atoms in total. The van der Waals surface area contributed by atoms with Crippen LogP contribution in [-0.2, 0) is 14.3 Å². The zero-order valence-corrected chi connectivity index (χ0v) is 15.8. The minimum absolute atomic E-state index is 0.0137. The van der Waals surface area contributed by atoms with Crippen molar-refractivity contribution in [2.45, 2.75) is 37.7 Å². The molecule has 3 heterocycles. The van der Waals surface area contributed by atoms with Gasteiger partial charge in [-0.1, -0.05) is 0 Å². The van der Waals surface area contributed by atoms with Crippen LogP contribution in [0.2, 0.25) is 0 Å². The summed E-state index contributed by atoms with van der Waals surface area (Å²) in [5.41, 5.74) is 4.56. The van der Waals surface area contributed by atoms with Crippen molar-refractivity contribution in [1.82, 2.24) is 24.8 Å². The topological polar surface area (TPSA) is 221 Å². The first-order valence-corrected chi connectivity index (χ1v) is 9.13. The van der Waals surface area contributed by atoms with E-state index in [2.05, 4.69) is 25.6 Å². The number of hydrogen-bond donors (Lipinski definition) is 7. The van der Waals surface area contributed by atoms with E-state index in [4.69, 9.17) is 15.9 Å². The van der Waals surface area contributed by atoms with Crippen LogP contribution in [0.15, 0.2) is 11.1 Å². The number of aromatic nitrogens is 4. The standard InChI is InChI=1S/C16H22N8O6/c17-15(18)19-3-1-2-7(26)13(28)22-16-21-12-11(14(29)23-16)20-6-24(12)10-4-8(27)9(5-25)30-10/h6,8-10,25,27H,1-5H2,(H4,17,18,19)(H2,21,22,23,28,29)/t8-,9+,10+/m0/s1. The molecule has 1 aliphatic rings. The van der Waals surface area contributed by atoms with Crippen LogP contribution < -0.4 is 21.9 Å². The highest BCUT2D eigenvalue weighted by Gasteiger charge is 2.35. The van der Waals surface area contributed by atoms with Crippen molar-refractivity contribution in [2.24, 2.45) is 5.73 Å². The van der Waals surface area contributed by atoms with Crippen molar-refractivity contribution < 1.29 is 24.5 Å². The number of nitrogens with one attached hydrogen (secondary N) is 4. The van der Waals surface area contributed by atoms with Crippen LogP contribution in [0.4, 0.5) is 5.95 Å². The van der Waals surface area contributed by atoms with E-state index < -0.39 is 35.7 Å². The molecule has 14 heteroatoms. The molecule has 0 bridgehead atoms. The molecule has 3 rings (SSSR count). The number of ether oxygens (including phenoxy) is 1. The van der Waals surface area contributed by atoms with Gasteiger partial charge in [-0.2, -0.15) is 4.98 Å². The number of carbonyl (C=O) groups excluding carboxylic acids is 2. The van der Waals surface area contributed by atoms with Crippen molar-refractivity contribution in [3.8, 4) is 0 Å². The molecule has 1 fully saturated rings. The number of imidazole rings is 1. The summed E-state index contributed by atoms with van der Waals surface area (Å²) in [5, 5.41) is 30.9. The van der Waals surface area contributed by atoms with Crippen molar-refractivity contribution in [3.63, 3.8) is 0 Å². The van der Waals surface area contributed by atoms with Gasteiger partial charge in [-0.15, -0.1) is 0 Å². The number of carbonyl (C=O) groups is 2. The quantitative estimate of drug-likeness (QED) is 0.103. The number of anilines is 1. The summed E-state index contributed by atoms with van der Waals surface area (Å²) in [6.45, 7) is -0.111. The molecule has 2 aromatic rings. The molecule has 1 aliphatic heterocycles. The van der Waals surface area contributed by atoms with Crippen LogP contribution in [0.1, 0.15) is 25.5 Å². The molecule has 0 spiro atoms. The Labute approximate surface area is 169 Å². The SMILES string of the molecule is N=C(N)NCCCC(=O)C(=O)Nc1nc2c(ncn2[C@H]2C[C@H](O)[C@@H](CO)O2)c(=O)[nH]1. The van der Waals surface area contributed by atoms with E-state index in [0.717, 1.165) is 0 Å². The lowest BCUT2D eigenvalue weighted by Gasteiger charge is -2.13. The number of nitrogens with two attached hydrogens (primary N) is 1. The van der Waals surface area contributed by atoms with Gasteiger partial charge < -0.3 is 26.0 Å². The van der Waals surface area contributed by atoms with Gasteiger partial charge in [0, 0.05) is 19.4 Å². The second kappa shape index (κ2) is 8.98. The summed E-state index contributed by atoms with van der Waals surface area (Å²) in [4.78, 5) is 46.7. The average molecular weight is 422 g/mol. The van der Waals surface area contributed by atoms with E-state index in [1.165, 1.54) is 10.9 Å². The highest BCUT2D eigenvalue weighted by molar-refractivity contribution is 6.40. The number of Topliss-reactive ketones (excluding diaryl/α,β-unsaturated/α-hetero) is 1. The zero-order valence-electron chi connectivity index (χ0n) is 15.8. The van der Waals surface area contributed by atoms with E-state index in [-0.39, 0.29) is 55.5 Å². The Balaban J connectivity index is 1.73. The van der Waals surface area contributed by atoms with Gasteiger partial charge in [0.1, 0.15) is 12.3 Å². The number of hydrogen-bond acceptors (Lipinski definition) is 9. The maximum atomic E-state index is 12.3. The van der Waals surface area contributed by atoms with E-state index in [1.54, 1.807) is 0 Å². The predicted octanol–water partition coefficient (Wildman–Crippen LogP) is -2.47. The highest BCUT2D eigenvalue weighted by Crippen LogP contribution is 2.30. The number of aromatic amines is 1. The third kappa shape index (κ3) is 4.61. The summed E-state index contributed by atoms with van der Waals surface area (Å²) < 4.78 is 6.96. The molecule has 0 saturated carbocycles. The molecule has 0 unspecified atom stereocenters. The molecule has 30 heavy (non-hydrogen) atoms.